The zero-order chi connectivity index (χ0) is 25.0. The largest absolute Gasteiger partial charge is 0.335 e. The SMILES string of the molecule is CC(C)(C)P1(=O)OCC(c2ccccc2)CO1.CC(C)(C)P1(=O)OCC(c2ccccc2)CO1. The Kier molecular flexibility index (Phi) is 8.67. The molecule has 0 unspecified atom stereocenters. The molecular weight excluding hydrogens is 470 g/mol. The van der Waals surface area contributed by atoms with Gasteiger partial charge in [-0.25, -0.2) is 0 Å². The molecule has 0 amide bonds. The zero-order valence-corrected chi connectivity index (χ0v) is 22.9. The molecule has 6 nitrogen and oxygen atoms in total. The third kappa shape index (κ3) is 6.49. The number of benzene rings is 2. The van der Waals surface area contributed by atoms with Gasteiger partial charge in [-0.3, -0.25) is 9.13 Å². The lowest BCUT2D eigenvalue weighted by molar-refractivity contribution is 0.114. The van der Waals surface area contributed by atoms with E-state index in [0.717, 1.165) is 0 Å². The molecule has 2 saturated heterocycles. The Labute approximate surface area is 204 Å². The molecular formula is C26H38O6P2. The standard InChI is InChI=1S/2C13H19O3P/c2*1-13(2,3)17(14)15-9-12(10-16-17)11-7-5-4-6-8-11/h2*4-8,12H,9-10H2,1-3H3. The van der Waals surface area contributed by atoms with E-state index in [2.05, 4.69) is 0 Å². The summed E-state index contributed by atoms with van der Waals surface area (Å²) in [5.41, 5.74) is 2.35. The van der Waals surface area contributed by atoms with Gasteiger partial charge in [0, 0.05) is 11.8 Å². The molecule has 0 atom stereocenters. The molecule has 0 N–H and O–H groups in total. The van der Waals surface area contributed by atoms with Gasteiger partial charge < -0.3 is 18.1 Å². The van der Waals surface area contributed by atoms with E-state index in [9.17, 15) is 9.13 Å². The molecule has 0 aliphatic carbocycles. The van der Waals surface area contributed by atoms with E-state index in [0.29, 0.717) is 26.4 Å². The number of rotatable bonds is 2. The molecule has 2 aromatic rings. The van der Waals surface area contributed by atoms with Crippen LogP contribution < -0.4 is 0 Å². The van der Waals surface area contributed by atoms with E-state index in [1.807, 2.05) is 102 Å². The average molecular weight is 509 g/mol. The van der Waals surface area contributed by atoms with Gasteiger partial charge in [-0.15, -0.1) is 0 Å². The fraction of sp³-hybridized carbons (Fsp3) is 0.538. The Morgan fingerprint density at radius 3 is 1.06 bits per heavy atom. The van der Waals surface area contributed by atoms with Crippen molar-refractivity contribution in [1.29, 1.82) is 0 Å². The van der Waals surface area contributed by atoms with Crippen LogP contribution in [-0.4, -0.2) is 36.7 Å². The third-order valence-electron chi connectivity index (χ3n) is 5.97. The molecule has 2 heterocycles. The molecule has 0 aromatic heterocycles. The Morgan fingerprint density at radius 1 is 0.559 bits per heavy atom. The van der Waals surface area contributed by atoms with E-state index in [4.69, 9.17) is 18.1 Å². The lowest BCUT2D eigenvalue weighted by atomic mass is 10.0. The number of hydrogen-bond donors (Lipinski definition) is 0. The maximum Gasteiger partial charge on any atom is 0.335 e. The molecule has 34 heavy (non-hydrogen) atoms. The Morgan fingerprint density at radius 2 is 0.824 bits per heavy atom. The lowest BCUT2D eigenvalue weighted by Crippen LogP contribution is -2.27. The molecule has 2 fully saturated rings. The van der Waals surface area contributed by atoms with Crippen molar-refractivity contribution in [3.63, 3.8) is 0 Å². The Hall–Kier alpha value is -1.26. The molecule has 4 rings (SSSR count). The zero-order valence-electron chi connectivity index (χ0n) is 21.1. The molecule has 0 radical (unpaired) electrons. The Balaban J connectivity index is 0.000000191. The summed E-state index contributed by atoms with van der Waals surface area (Å²) in [6.45, 7) is 13.2. The molecule has 2 aliphatic heterocycles. The summed E-state index contributed by atoms with van der Waals surface area (Å²) in [5, 5.41) is -0.899. The predicted molar refractivity (Wildman–Crippen MR) is 137 cm³/mol. The van der Waals surface area contributed by atoms with Crippen molar-refractivity contribution in [2.24, 2.45) is 0 Å². The van der Waals surface area contributed by atoms with Gasteiger partial charge in [0.15, 0.2) is 0 Å². The van der Waals surface area contributed by atoms with E-state index in [1.165, 1.54) is 11.1 Å². The highest BCUT2D eigenvalue weighted by Gasteiger charge is 2.44. The van der Waals surface area contributed by atoms with Crippen molar-refractivity contribution in [3.8, 4) is 0 Å². The van der Waals surface area contributed by atoms with Crippen LogP contribution in [0.25, 0.3) is 0 Å². The second-order valence-corrected chi connectivity index (χ2v) is 16.4. The van der Waals surface area contributed by atoms with Gasteiger partial charge in [-0.1, -0.05) is 60.7 Å². The van der Waals surface area contributed by atoms with Crippen molar-refractivity contribution in [2.75, 3.05) is 26.4 Å². The van der Waals surface area contributed by atoms with E-state index in [-0.39, 0.29) is 11.8 Å². The summed E-state index contributed by atoms with van der Waals surface area (Å²) in [5.74, 6) is 0.362. The van der Waals surface area contributed by atoms with Crippen LogP contribution in [0.5, 0.6) is 0 Å². The summed E-state index contributed by atoms with van der Waals surface area (Å²) in [4.78, 5) is 0. The van der Waals surface area contributed by atoms with Crippen molar-refractivity contribution in [1.82, 2.24) is 0 Å². The fourth-order valence-corrected chi connectivity index (χ4v) is 6.74. The maximum absolute atomic E-state index is 12.4. The van der Waals surface area contributed by atoms with E-state index >= 15 is 0 Å². The average Bonchev–Trinajstić information content (AvgIpc) is 2.80. The van der Waals surface area contributed by atoms with Gasteiger partial charge in [-0.05, 0) is 52.7 Å². The second-order valence-electron chi connectivity index (χ2n) is 10.7. The summed E-state index contributed by atoms with van der Waals surface area (Å²) in [7, 11) is -5.91. The summed E-state index contributed by atoms with van der Waals surface area (Å²) in [6, 6.07) is 20.1. The van der Waals surface area contributed by atoms with E-state index in [1.54, 1.807) is 0 Å². The Bertz CT molecular complexity index is 904. The lowest BCUT2D eigenvalue weighted by Gasteiger charge is -2.36. The highest BCUT2D eigenvalue weighted by Crippen LogP contribution is 2.63. The van der Waals surface area contributed by atoms with Gasteiger partial charge in [0.05, 0.1) is 36.7 Å². The molecule has 2 aliphatic rings. The molecule has 0 saturated carbocycles. The van der Waals surface area contributed by atoms with Crippen LogP contribution in [0.15, 0.2) is 60.7 Å². The second kappa shape index (κ2) is 10.8. The first kappa shape index (κ1) is 27.3. The van der Waals surface area contributed by atoms with Crippen LogP contribution in [0, 0.1) is 0 Å². The first-order valence-electron chi connectivity index (χ1n) is 11.7. The molecule has 0 bridgehead atoms. The number of hydrogen-bond acceptors (Lipinski definition) is 6. The van der Waals surface area contributed by atoms with Gasteiger partial charge in [0.2, 0.25) is 0 Å². The normalized spacial score (nSPS) is 30.2. The minimum Gasteiger partial charge on any atom is -0.307 e. The molecule has 8 heteroatoms. The summed E-state index contributed by atoms with van der Waals surface area (Å²) >= 11 is 0. The van der Waals surface area contributed by atoms with Gasteiger partial charge in [-0.2, -0.15) is 0 Å². The van der Waals surface area contributed by atoms with Crippen LogP contribution in [0.1, 0.15) is 64.5 Å². The van der Waals surface area contributed by atoms with Crippen LogP contribution in [0.3, 0.4) is 0 Å². The van der Waals surface area contributed by atoms with Gasteiger partial charge in [0.1, 0.15) is 0 Å². The first-order chi connectivity index (χ1) is 15.8. The topological polar surface area (TPSA) is 71.1 Å². The van der Waals surface area contributed by atoms with Crippen molar-refractivity contribution in [3.05, 3.63) is 71.8 Å². The highest BCUT2D eigenvalue weighted by atomic mass is 31.2. The fourth-order valence-electron chi connectivity index (χ4n) is 3.53. The van der Waals surface area contributed by atoms with E-state index < -0.39 is 25.5 Å². The van der Waals surface area contributed by atoms with Crippen LogP contribution >= 0.6 is 15.2 Å². The maximum atomic E-state index is 12.4. The van der Waals surface area contributed by atoms with Gasteiger partial charge in [0.25, 0.3) is 0 Å². The smallest absolute Gasteiger partial charge is 0.307 e. The molecule has 0 spiro atoms. The quantitative estimate of drug-likeness (QED) is 0.389. The van der Waals surface area contributed by atoms with Crippen molar-refractivity contribution in [2.45, 2.75) is 63.7 Å². The van der Waals surface area contributed by atoms with Gasteiger partial charge >= 0.3 is 15.2 Å². The van der Waals surface area contributed by atoms with Crippen molar-refractivity contribution < 1.29 is 27.2 Å². The highest BCUT2D eigenvalue weighted by molar-refractivity contribution is 7.55. The predicted octanol–water partition coefficient (Wildman–Crippen LogP) is 7.62. The molecule has 2 aromatic carbocycles. The summed E-state index contributed by atoms with van der Waals surface area (Å²) in [6.07, 6.45) is 0. The van der Waals surface area contributed by atoms with Crippen LogP contribution in [-0.2, 0) is 27.2 Å². The van der Waals surface area contributed by atoms with Crippen molar-refractivity contribution >= 4 is 15.2 Å². The third-order valence-corrected chi connectivity index (χ3v) is 11.2. The minimum absolute atomic E-state index is 0.181. The van der Waals surface area contributed by atoms with Crippen LogP contribution in [0.2, 0.25) is 0 Å². The monoisotopic (exact) mass is 508 g/mol. The first-order valence-corrected chi connectivity index (χ1v) is 14.8. The minimum atomic E-state index is -2.96. The summed E-state index contributed by atoms with van der Waals surface area (Å²) < 4.78 is 46.9. The molecule has 188 valence electrons. The van der Waals surface area contributed by atoms with Crippen LogP contribution in [0.4, 0.5) is 0 Å².